The van der Waals surface area contributed by atoms with Crippen LogP contribution in [-0.4, -0.2) is 42.1 Å². The molecule has 0 unspecified atom stereocenters. The highest BCUT2D eigenvalue weighted by Crippen LogP contribution is 2.42. The molecule has 0 bridgehead atoms. The van der Waals surface area contributed by atoms with Crippen LogP contribution in [0.5, 0.6) is 0 Å². The van der Waals surface area contributed by atoms with Gasteiger partial charge < -0.3 is 15.0 Å². The number of rotatable bonds is 2. The maximum Gasteiger partial charge on any atom is 0.407 e. The number of hydrogen-bond donors (Lipinski definition) is 1. The minimum Gasteiger partial charge on any atom is -0.447 e. The maximum atomic E-state index is 12.7. The van der Waals surface area contributed by atoms with Crippen molar-refractivity contribution in [3.8, 4) is 0 Å². The van der Waals surface area contributed by atoms with E-state index in [1.807, 2.05) is 0 Å². The van der Waals surface area contributed by atoms with Crippen molar-refractivity contribution in [1.29, 1.82) is 0 Å². The van der Waals surface area contributed by atoms with Gasteiger partial charge in [0.1, 0.15) is 6.61 Å². The Morgan fingerprint density at radius 1 is 1.04 bits per heavy atom. The predicted molar refractivity (Wildman–Crippen MR) is 85.8 cm³/mol. The lowest BCUT2D eigenvalue weighted by molar-refractivity contribution is -0.142. The van der Waals surface area contributed by atoms with Gasteiger partial charge in [0.15, 0.2) is 0 Å². The topological polar surface area (TPSA) is 58.6 Å². The van der Waals surface area contributed by atoms with Crippen LogP contribution in [-0.2, 0) is 9.53 Å². The molecule has 0 aromatic heterocycles. The van der Waals surface area contributed by atoms with Crippen molar-refractivity contribution in [2.45, 2.75) is 63.3 Å². The van der Waals surface area contributed by atoms with Crippen LogP contribution in [0, 0.1) is 17.8 Å². The summed E-state index contributed by atoms with van der Waals surface area (Å²) in [6, 6.07) is 0. The third kappa shape index (κ3) is 2.94. The molecule has 0 atom stereocenters. The van der Waals surface area contributed by atoms with Crippen molar-refractivity contribution in [3.05, 3.63) is 0 Å². The lowest BCUT2D eigenvalue weighted by Gasteiger charge is -2.45. The Morgan fingerprint density at radius 2 is 1.70 bits per heavy atom. The van der Waals surface area contributed by atoms with E-state index in [-0.39, 0.29) is 17.6 Å². The van der Waals surface area contributed by atoms with Gasteiger partial charge >= 0.3 is 6.09 Å². The fraction of sp³-hybridized carbons (Fsp3) is 0.889. The summed E-state index contributed by atoms with van der Waals surface area (Å²) >= 11 is 0. The van der Waals surface area contributed by atoms with Crippen molar-refractivity contribution in [1.82, 2.24) is 10.2 Å². The minimum atomic E-state index is -0.329. The zero-order chi connectivity index (χ0) is 15.9. The van der Waals surface area contributed by atoms with Crippen molar-refractivity contribution < 1.29 is 14.3 Å². The zero-order valence-electron chi connectivity index (χ0n) is 13.9. The Bertz CT molecular complexity index is 473. The number of carbonyl (C=O) groups excluding carboxylic acids is 2. The number of amides is 2. The molecule has 0 aromatic rings. The minimum absolute atomic E-state index is 0.0863. The van der Waals surface area contributed by atoms with Gasteiger partial charge in [0.05, 0.1) is 5.54 Å². The smallest absolute Gasteiger partial charge is 0.407 e. The summed E-state index contributed by atoms with van der Waals surface area (Å²) < 4.78 is 4.99. The lowest BCUT2D eigenvalue weighted by atomic mass is 9.68. The molecule has 2 saturated carbocycles. The molecule has 2 aliphatic heterocycles. The second-order valence-corrected chi connectivity index (χ2v) is 8.15. The molecule has 0 aromatic carbocycles. The average molecular weight is 320 g/mol. The monoisotopic (exact) mass is 320 g/mol. The number of alkyl carbamates (subject to hydrolysis) is 1. The third-order valence-electron chi connectivity index (χ3n) is 6.64. The first kappa shape index (κ1) is 15.3. The Kier molecular flexibility index (Phi) is 3.98. The van der Waals surface area contributed by atoms with Crippen molar-refractivity contribution in [2.24, 2.45) is 17.8 Å². The molecule has 5 nitrogen and oxygen atoms in total. The molecule has 2 saturated heterocycles. The number of nitrogens with one attached hydrogen (secondary N) is 1. The molecule has 4 aliphatic rings. The average Bonchev–Trinajstić information content (AvgIpc) is 2.96. The number of cyclic esters (lactones) is 1. The quantitative estimate of drug-likeness (QED) is 0.851. The second-order valence-electron chi connectivity index (χ2n) is 8.15. The van der Waals surface area contributed by atoms with E-state index in [1.54, 1.807) is 0 Å². The SMILES string of the molecule is O=C1NC2(CO1)CC(C(=O)N1CCC(C3CCCCC3)CC1)C2. The molecule has 2 aliphatic carbocycles. The summed E-state index contributed by atoms with van der Waals surface area (Å²) in [6.45, 7) is 2.30. The molecule has 2 amide bonds. The Morgan fingerprint density at radius 3 is 2.30 bits per heavy atom. The van der Waals surface area contributed by atoms with Crippen LogP contribution in [0.4, 0.5) is 4.79 Å². The maximum absolute atomic E-state index is 12.7. The van der Waals surface area contributed by atoms with Crippen molar-refractivity contribution in [2.75, 3.05) is 19.7 Å². The van der Waals surface area contributed by atoms with Gasteiger partial charge in [0.25, 0.3) is 0 Å². The van der Waals surface area contributed by atoms with E-state index in [1.165, 1.54) is 44.9 Å². The summed E-state index contributed by atoms with van der Waals surface area (Å²) in [5.74, 6) is 2.15. The van der Waals surface area contributed by atoms with Gasteiger partial charge in [-0.15, -0.1) is 0 Å². The van der Waals surface area contributed by atoms with Gasteiger partial charge in [0.2, 0.25) is 5.91 Å². The van der Waals surface area contributed by atoms with Gasteiger partial charge in [-0.3, -0.25) is 4.79 Å². The Hall–Kier alpha value is -1.26. The summed E-state index contributed by atoms with van der Waals surface area (Å²) in [5.41, 5.74) is -0.238. The summed E-state index contributed by atoms with van der Waals surface area (Å²) in [6.07, 6.45) is 10.6. The standard InChI is InChI=1S/C18H28N2O3/c21-16(15-10-18(11-15)12-23-17(22)19-18)20-8-6-14(7-9-20)13-4-2-1-3-5-13/h13-15H,1-12H2,(H,19,22). The molecule has 1 N–H and O–H groups in total. The molecule has 1 spiro atoms. The van der Waals surface area contributed by atoms with E-state index < -0.39 is 0 Å². The highest BCUT2D eigenvalue weighted by atomic mass is 16.6. The number of nitrogens with zero attached hydrogens (tertiary/aromatic N) is 1. The van der Waals surface area contributed by atoms with E-state index in [2.05, 4.69) is 10.2 Å². The fourth-order valence-corrected chi connectivity index (χ4v) is 5.23. The van der Waals surface area contributed by atoms with Gasteiger partial charge in [-0.25, -0.2) is 4.79 Å². The van der Waals surface area contributed by atoms with E-state index in [4.69, 9.17) is 4.74 Å². The van der Waals surface area contributed by atoms with Crippen molar-refractivity contribution in [3.63, 3.8) is 0 Å². The molecule has 128 valence electrons. The molecule has 23 heavy (non-hydrogen) atoms. The first-order valence-electron chi connectivity index (χ1n) is 9.39. The Labute approximate surface area is 138 Å². The molecule has 4 fully saturated rings. The van der Waals surface area contributed by atoms with Crippen LogP contribution in [0.25, 0.3) is 0 Å². The second kappa shape index (κ2) is 5.99. The predicted octanol–water partition coefficient (Wildman–Crippen LogP) is 2.69. The van der Waals surface area contributed by atoms with Gasteiger partial charge in [0, 0.05) is 19.0 Å². The van der Waals surface area contributed by atoms with E-state index in [0.29, 0.717) is 12.5 Å². The summed E-state index contributed by atoms with van der Waals surface area (Å²) in [5, 5.41) is 2.87. The molecule has 4 rings (SSSR count). The normalized spacial score (nSPS) is 35.7. The number of carbonyl (C=O) groups is 2. The van der Waals surface area contributed by atoms with E-state index in [0.717, 1.165) is 37.8 Å². The highest BCUT2D eigenvalue weighted by Gasteiger charge is 2.53. The molecule has 5 heteroatoms. The van der Waals surface area contributed by atoms with Crippen LogP contribution in [0.1, 0.15) is 57.8 Å². The first-order chi connectivity index (χ1) is 11.2. The number of hydrogen-bond acceptors (Lipinski definition) is 3. The third-order valence-corrected chi connectivity index (χ3v) is 6.64. The van der Waals surface area contributed by atoms with Gasteiger partial charge in [-0.05, 0) is 37.5 Å². The van der Waals surface area contributed by atoms with Crippen molar-refractivity contribution >= 4 is 12.0 Å². The van der Waals surface area contributed by atoms with Crippen LogP contribution >= 0.6 is 0 Å². The molecule has 0 radical (unpaired) electrons. The zero-order valence-corrected chi connectivity index (χ0v) is 13.9. The first-order valence-corrected chi connectivity index (χ1v) is 9.39. The highest BCUT2D eigenvalue weighted by molar-refractivity contribution is 5.81. The molecule has 2 heterocycles. The lowest BCUT2D eigenvalue weighted by Crippen LogP contribution is -2.58. The summed E-state index contributed by atoms with van der Waals surface area (Å²) in [7, 11) is 0. The van der Waals surface area contributed by atoms with Crippen LogP contribution in [0.15, 0.2) is 0 Å². The van der Waals surface area contributed by atoms with E-state index >= 15 is 0 Å². The van der Waals surface area contributed by atoms with E-state index in [9.17, 15) is 9.59 Å². The largest absolute Gasteiger partial charge is 0.447 e. The number of piperidine rings is 1. The van der Waals surface area contributed by atoms with Crippen LogP contribution in [0.2, 0.25) is 0 Å². The van der Waals surface area contributed by atoms with Crippen LogP contribution < -0.4 is 5.32 Å². The fourth-order valence-electron chi connectivity index (χ4n) is 5.23. The molecular formula is C18H28N2O3. The van der Waals surface area contributed by atoms with Gasteiger partial charge in [-0.2, -0.15) is 0 Å². The molecular weight excluding hydrogens is 292 g/mol. The number of ether oxygens (including phenoxy) is 1. The summed E-state index contributed by atoms with van der Waals surface area (Å²) in [4.78, 5) is 25.9. The number of likely N-dealkylation sites (tertiary alicyclic amines) is 1. The van der Waals surface area contributed by atoms with Crippen LogP contribution in [0.3, 0.4) is 0 Å². The Balaban J connectivity index is 1.24. The van der Waals surface area contributed by atoms with Gasteiger partial charge in [-0.1, -0.05) is 32.1 Å².